The Bertz CT molecular complexity index is 221. The molecule has 86 valence electrons. The number of hydrogen-bond donors (Lipinski definition) is 0. The van der Waals surface area contributed by atoms with E-state index >= 15 is 0 Å². The van der Waals surface area contributed by atoms with Gasteiger partial charge in [-0.2, -0.15) is 0 Å². The first-order valence-electron chi connectivity index (χ1n) is 6.08. The first kappa shape index (κ1) is 12.4. The zero-order valence-electron chi connectivity index (χ0n) is 9.87. The molecule has 2 nitrogen and oxygen atoms in total. The summed E-state index contributed by atoms with van der Waals surface area (Å²) in [7, 11) is 0. The van der Waals surface area contributed by atoms with E-state index < -0.39 is 0 Å². The number of ketones is 1. The van der Waals surface area contributed by atoms with Crippen LogP contribution in [0.3, 0.4) is 0 Å². The molecule has 0 aromatic carbocycles. The molecule has 0 saturated carbocycles. The molecule has 2 atom stereocenters. The molecular formula is C13H22O2. The average molecular weight is 210 g/mol. The van der Waals surface area contributed by atoms with Crippen LogP contribution in [-0.4, -0.2) is 18.5 Å². The molecule has 0 aromatic rings. The lowest BCUT2D eigenvalue weighted by molar-refractivity contribution is -0.134. The van der Waals surface area contributed by atoms with Crippen molar-refractivity contribution < 1.29 is 9.53 Å². The summed E-state index contributed by atoms with van der Waals surface area (Å²) in [5.74, 6) is 0.678. The zero-order valence-corrected chi connectivity index (χ0v) is 9.87. The summed E-state index contributed by atoms with van der Waals surface area (Å²) in [5, 5.41) is 0. The van der Waals surface area contributed by atoms with Crippen molar-refractivity contribution in [3.8, 4) is 0 Å². The Morgan fingerprint density at radius 2 is 2.27 bits per heavy atom. The van der Waals surface area contributed by atoms with Crippen LogP contribution in [0.4, 0.5) is 0 Å². The number of rotatable bonds is 6. The number of hydrogen-bond acceptors (Lipinski definition) is 2. The third kappa shape index (κ3) is 3.78. The van der Waals surface area contributed by atoms with Gasteiger partial charge in [-0.25, -0.2) is 0 Å². The van der Waals surface area contributed by atoms with Crippen LogP contribution in [-0.2, 0) is 9.53 Å². The fraction of sp³-hybridized carbons (Fsp3) is 0.769. The summed E-state index contributed by atoms with van der Waals surface area (Å²) < 4.78 is 5.70. The molecule has 1 aliphatic carbocycles. The van der Waals surface area contributed by atoms with Crippen LogP contribution < -0.4 is 0 Å². The largest absolute Gasteiger partial charge is 0.370 e. The van der Waals surface area contributed by atoms with Crippen molar-refractivity contribution in [2.45, 2.75) is 52.1 Å². The van der Waals surface area contributed by atoms with Crippen molar-refractivity contribution in [1.29, 1.82) is 0 Å². The second-order valence-corrected chi connectivity index (χ2v) is 4.16. The molecule has 0 heterocycles. The lowest BCUT2D eigenvalue weighted by atomic mass is 9.87. The Morgan fingerprint density at radius 3 is 2.80 bits per heavy atom. The highest BCUT2D eigenvalue weighted by Gasteiger charge is 2.27. The maximum atomic E-state index is 11.8. The van der Waals surface area contributed by atoms with Gasteiger partial charge in [-0.1, -0.05) is 26.0 Å². The van der Waals surface area contributed by atoms with Crippen LogP contribution >= 0.6 is 0 Å². The van der Waals surface area contributed by atoms with E-state index in [-0.39, 0.29) is 11.9 Å². The predicted octanol–water partition coefficient (Wildman–Crippen LogP) is 3.12. The maximum absolute atomic E-state index is 11.8. The van der Waals surface area contributed by atoms with Gasteiger partial charge in [0.15, 0.2) is 5.78 Å². The fourth-order valence-corrected chi connectivity index (χ4v) is 2.03. The van der Waals surface area contributed by atoms with Gasteiger partial charge in [0.05, 0.1) is 0 Å². The molecule has 2 heteroatoms. The van der Waals surface area contributed by atoms with Crippen molar-refractivity contribution in [3.05, 3.63) is 12.2 Å². The van der Waals surface area contributed by atoms with Crippen LogP contribution in [0, 0.1) is 5.92 Å². The second kappa shape index (κ2) is 6.78. The minimum atomic E-state index is -0.153. The van der Waals surface area contributed by atoms with Crippen LogP contribution in [0.15, 0.2) is 12.2 Å². The van der Waals surface area contributed by atoms with Crippen LogP contribution in [0.2, 0.25) is 0 Å². The molecule has 0 radical (unpaired) electrons. The number of allylic oxidation sites excluding steroid dienone is 2. The van der Waals surface area contributed by atoms with Gasteiger partial charge in [0.1, 0.15) is 6.10 Å². The molecule has 0 aliphatic heterocycles. The fourth-order valence-electron chi connectivity index (χ4n) is 2.03. The predicted molar refractivity (Wildman–Crippen MR) is 61.8 cm³/mol. The molecule has 15 heavy (non-hydrogen) atoms. The summed E-state index contributed by atoms with van der Waals surface area (Å²) in [6.07, 6.45) is 8.98. The molecule has 2 unspecified atom stereocenters. The minimum Gasteiger partial charge on any atom is -0.370 e. The van der Waals surface area contributed by atoms with E-state index in [1.807, 2.05) is 6.92 Å². The molecule has 0 amide bonds. The Kier molecular flexibility index (Phi) is 5.62. The van der Waals surface area contributed by atoms with E-state index in [1.165, 1.54) is 0 Å². The average Bonchev–Trinajstić information content (AvgIpc) is 2.30. The van der Waals surface area contributed by atoms with Crippen LogP contribution in [0.5, 0.6) is 0 Å². The lowest BCUT2D eigenvalue weighted by Gasteiger charge is -2.26. The standard InChI is InChI=1S/C13H22O2/c1-3-10-15-13(12(14)4-2)11-8-6-5-7-9-11/h5-6,11,13H,3-4,7-10H2,1-2H3. The first-order chi connectivity index (χ1) is 7.29. The van der Waals surface area contributed by atoms with Crippen molar-refractivity contribution in [2.75, 3.05) is 6.61 Å². The molecule has 1 aliphatic rings. The molecule has 1 rings (SSSR count). The van der Waals surface area contributed by atoms with Crippen molar-refractivity contribution >= 4 is 5.78 Å². The van der Waals surface area contributed by atoms with Gasteiger partial charge in [-0.3, -0.25) is 4.79 Å². The molecule has 0 saturated heterocycles. The Labute approximate surface area is 92.7 Å². The van der Waals surface area contributed by atoms with E-state index in [9.17, 15) is 4.79 Å². The summed E-state index contributed by atoms with van der Waals surface area (Å²) in [6.45, 7) is 4.70. The van der Waals surface area contributed by atoms with Gasteiger partial charge in [0.2, 0.25) is 0 Å². The first-order valence-corrected chi connectivity index (χ1v) is 6.08. The third-order valence-electron chi connectivity index (χ3n) is 2.91. The normalized spacial score (nSPS) is 22.7. The summed E-state index contributed by atoms with van der Waals surface area (Å²) in [6, 6.07) is 0. The van der Waals surface area contributed by atoms with Gasteiger partial charge >= 0.3 is 0 Å². The number of carbonyl (C=O) groups is 1. The lowest BCUT2D eigenvalue weighted by Crippen LogP contribution is -2.33. The van der Waals surface area contributed by atoms with Crippen molar-refractivity contribution in [3.63, 3.8) is 0 Å². The summed E-state index contributed by atoms with van der Waals surface area (Å²) >= 11 is 0. The zero-order chi connectivity index (χ0) is 11.1. The smallest absolute Gasteiger partial charge is 0.161 e. The molecule has 0 spiro atoms. The van der Waals surface area contributed by atoms with Gasteiger partial charge in [0.25, 0.3) is 0 Å². The quantitative estimate of drug-likeness (QED) is 0.630. The molecule has 0 bridgehead atoms. The topological polar surface area (TPSA) is 26.3 Å². The van der Waals surface area contributed by atoms with Crippen molar-refractivity contribution in [2.24, 2.45) is 5.92 Å². The van der Waals surface area contributed by atoms with Gasteiger partial charge in [-0.15, -0.1) is 0 Å². The summed E-state index contributed by atoms with van der Waals surface area (Å²) in [4.78, 5) is 11.8. The van der Waals surface area contributed by atoms with Gasteiger partial charge in [0, 0.05) is 13.0 Å². The molecule has 0 N–H and O–H groups in total. The van der Waals surface area contributed by atoms with Gasteiger partial charge in [-0.05, 0) is 31.6 Å². The Morgan fingerprint density at radius 1 is 1.47 bits per heavy atom. The third-order valence-corrected chi connectivity index (χ3v) is 2.91. The molecule has 0 aromatic heterocycles. The van der Waals surface area contributed by atoms with E-state index in [0.29, 0.717) is 18.9 Å². The molecular weight excluding hydrogens is 188 g/mol. The SMILES string of the molecule is CCCOC(C(=O)CC)C1CC=CCC1. The van der Waals surface area contributed by atoms with E-state index in [0.717, 1.165) is 25.7 Å². The minimum absolute atomic E-state index is 0.153. The van der Waals surface area contributed by atoms with Crippen LogP contribution in [0.1, 0.15) is 46.0 Å². The maximum Gasteiger partial charge on any atom is 0.161 e. The van der Waals surface area contributed by atoms with Gasteiger partial charge < -0.3 is 4.74 Å². The highest BCUT2D eigenvalue weighted by molar-refractivity contribution is 5.83. The van der Waals surface area contributed by atoms with Crippen molar-refractivity contribution in [1.82, 2.24) is 0 Å². The monoisotopic (exact) mass is 210 g/mol. The number of Topliss-reactive ketones (excluding diaryl/α,β-unsaturated/α-hetero) is 1. The van der Waals surface area contributed by atoms with E-state index in [1.54, 1.807) is 0 Å². The highest BCUT2D eigenvalue weighted by atomic mass is 16.5. The Balaban J connectivity index is 2.53. The number of ether oxygens (including phenoxy) is 1. The second-order valence-electron chi connectivity index (χ2n) is 4.16. The van der Waals surface area contributed by atoms with Crippen LogP contribution in [0.25, 0.3) is 0 Å². The Hall–Kier alpha value is -0.630. The highest BCUT2D eigenvalue weighted by Crippen LogP contribution is 2.25. The van der Waals surface area contributed by atoms with E-state index in [2.05, 4.69) is 19.1 Å². The number of carbonyl (C=O) groups excluding carboxylic acids is 1. The summed E-state index contributed by atoms with van der Waals surface area (Å²) in [5.41, 5.74) is 0. The van der Waals surface area contributed by atoms with E-state index in [4.69, 9.17) is 4.74 Å². The molecule has 0 fully saturated rings.